The fraction of sp³-hybridized carbons (Fsp3) is 0.714. The van der Waals surface area contributed by atoms with E-state index in [0.29, 0.717) is 16.6 Å². The summed E-state index contributed by atoms with van der Waals surface area (Å²) < 4.78 is 0. The zero-order valence-electron chi connectivity index (χ0n) is 11.8. The lowest BCUT2D eigenvalue weighted by atomic mass is 10.1. The molecule has 0 amide bonds. The minimum atomic E-state index is -0.863. The summed E-state index contributed by atoms with van der Waals surface area (Å²) in [5, 5.41) is 10.00. The van der Waals surface area contributed by atoms with E-state index in [-0.39, 0.29) is 0 Å². The molecule has 3 rings (SSSR count). The van der Waals surface area contributed by atoms with Crippen LogP contribution in [0.15, 0.2) is 0 Å². The monoisotopic (exact) mass is 295 g/mol. The Kier molecular flexibility index (Phi) is 3.94. The number of carbonyl (C=O) groups is 1. The summed E-state index contributed by atoms with van der Waals surface area (Å²) in [6, 6.07) is 0.618. The molecule has 0 saturated carbocycles. The summed E-state index contributed by atoms with van der Waals surface area (Å²) in [5.74, 6) is -0.863. The lowest BCUT2D eigenvalue weighted by Crippen LogP contribution is -2.40. The van der Waals surface area contributed by atoms with Gasteiger partial charge in [0.15, 0.2) is 5.13 Å². The Balaban J connectivity index is 1.67. The van der Waals surface area contributed by atoms with Gasteiger partial charge in [0.1, 0.15) is 4.88 Å². The van der Waals surface area contributed by atoms with E-state index in [2.05, 4.69) is 14.8 Å². The standard InChI is InChI=1S/C14H21N3O2S/c1-10-12(13(18)19)20-14(15-10)17-8-5-11(9-17)16-6-3-2-4-7-16/h11H,2-9H2,1H3,(H,18,19). The first kappa shape index (κ1) is 13.8. The Hall–Kier alpha value is -1.14. The van der Waals surface area contributed by atoms with Crippen LogP contribution in [0.4, 0.5) is 5.13 Å². The Labute approximate surface area is 123 Å². The number of likely N-dealkylation sites (tertiary alicyclic amines) is 1. The van der Waals surface area contributed by atoms with Crippen molar-refractivity contribution < 1.29 is 9.90 Å². The smallest absolute Gasteiger partial charge is 0.347 e. The van der Waals surface area contributed by atoms with Crippen molar-refractivity contribution in [1.29, 1.82) is 0 Å². The molecule has 0 radical (unpaired) electrons. The predicted molar refractivity (Wildman–Crippen MR) is 79.9 cm³/mol. The average molecular weight is 295 g/mol. The van der Waals surface area contributed by atoms with Crippen molar-refractivity contribution in [2.75, 3.05) is 31.1 Å². The fourth-order valence-electron chi connectivity index (χ4n) is 3.21. The van der Waals surface area contributed by atoms with Crippen LogP contribution in [0, 0.1) is 6.92 Å². The highest BCUT2D eigenvalue weighted by molar-refractivity contribution is 7.17. The SMILES string of the molecule is Cc1nc(N2CCC(N3CCCCC3)C2)sc1C(=O)O. The maximum absolute atomic E-state index is 11.1. The van der Waals surface area contributed by atoms with Gasteiger partial charge >= 0.3 is 5.97 Å². The number of aryl methyl sites for hydroxylation is 1. The molecule has 0 spiro atoms. The Morgan fingerprint density at radius 1 is 1.30 bits per heavy atom. The third-order valence-electron chi connectivity index (χ3n) is 4.32. The van der Waals surface area contributed by atoms with Crippen LogP contribution >= 0.6 is 11.3 Å². The van der Waals surface area contributed by atoms with Gasteiger partial charge < -0.3 is 10.0 Å². The van der Waals surface area contributed by atoms with Crippen LogP contribution < -0.4 is 4.90 Å². The van der Waals surface area contributed by atoms with E-state index in [9.17, 15) is 4.79 Å². The molecule has 0 aliphatic carbocycles. The second-order valence-electron chi connectivity index (χ2n) is 5.70. The molecule has 2 fully saturated rings. The van der Waals surface area contributed by atoms with Crippen LogP contribution in [0.1, 0.15) is 41.0 Å². The van der Waals surface area contributed by atoms with E-state index >= 15 is 0 Å². The number of nitrogens with zero attached hydrogens (tertiary/aromatic N) is 3. The van der Waals surface area contributed by atoms with E-state index in [1.807, 2.05) is 0 Å². The molecule has 3 heterocycles. The molecule has 2 saturated heterocycles. The van der Waals surface area contributed by atoms with Crippen molar-refractivity contribution in [2.24, 2.45) is 0 Å². The van der Waals surface area contributed by atoms with Gasteiger partial charge in [-0.2, -0.15) is 0 Å². The summed E-state index contributed by atoms with van der Waals surface area (Å²) in [5.41, 5.74) is 0.638. The quantitative estimate of drug-likeness (QED) is 0.926. The summed E-state index contributed by atoms with van der Waals surface area (Å²) in [7, 11) is 0. The lowest BCUT2D eigenvalue weighted by Gasteiger charge is -2.32. The number of piperidine rings is 1. The predicted octanol–water partition coefficient (Wildman–Crippen LogP) is 2.21. The second-order valence-corrected chi connectivity index (χ2v) is 6.68. The average Bonchev–Trinajstić information content (AvgIpc) is 3.06. The maximum atomic E-state index is 11.1. The Morgan fingerprint density at radius 3 is 2.70 bits per heavy atom. The largest absolute Gasteiger partial charge is 0.477 e. The molecular weight excluding hydrogens is 274 g/mol. The van der Waals surface area contributed by atoms with Gasteiger partial charge in [0.25, 0.3) is 0 Å². The molecule has 1 atom stereocenters. The van der Waals surface area contributed by atoms with Crippen LogP contribution in [-0.4, -0.2) is 53.2 Å². The van der Waals surface area contributed by atoms with Gasteiger partial charge in [0.2, 0.25) is 0 Å². The minimum Gasteiger partial charge on any atom is -0.477 e. The van der Waals surface area contributed by atoms with Crippen molar-refractivity contribution in [3.8, 4) is 0 Å². The Bertz CT molecular complexity index is 497. The van der Waals surface area contributed by atoms with E-state index in [0.717, 1.165) is 18.2 Å². The zero-order chi connectivity index (χ0) is 14.1. The first-order valence-electron chi connectivity index (χ1n) is 7.35. The first-order chi connectivity index (χ1) is 9.65. The summed E-state index contributed by atoms with van der Waals surface area (Å²) in [4.78, 5) is 20.8. The number of anilines is 1. The third kappa shape index (κ3) is 2.67. The molecule has 6 heteroatoms. The zero-order valence-corrected chi connectivity index (χ0v) is 12.7. The van der Waals surface area contributed by atoms with E-state index < -0.39 is 5.97 Å². The minimum absolute atomic E-state index is 0.376. The van der Waals surface area contributed by atoms with Crippen molar-refractivity contribution >= 4 is 22.4 Å². The second kappa shape index (κ2) is 5.69. The molecule has 20 heavy (non-hydrogen) atoms. The molecular formula is C14H21N3O2S. The van der Waals surface area contributed by atoms with Crippen LogP contribution in [0.25, 0.3) is 0 Å². The molecule has 1 unspecified atom stereocenters. The van der Waals surface area contributed by atoms with E-state index in [1.54, 1.807) is 6.92 Å². The van der Waals surface area contributed by atoms with Gasteiger partial charge in [-0.3, -0.25) is 4.90 Å². The number of aromatic nitrogens is 1. The molecule has 2 aliphatic heterocycles. The molecule has 1 aromatic rings. The number of rotatable bonds is 3. The molecule has 1 N–H and O–H groups in total. The van der Waals surface area contributed by atoms with Crippen LogP contribution in [0.5, 0.6) is 0 Å². The number of carboxylic acids is 1. The van der Waals surface area contributed by atoms with Crippen molar-refractivity contribution in [2.45, 2.75) is 38.6 Å². The van der Waals surface area contributed by atoms with Gasteiger partial charge in [0, 0.05) is 19.1 Å². The number of carboxylic acid groups (broad SMARTS) is 1. The van der Waals surface area contributed by atoms with Gasteiger partial charge in [-0.25, -0.2) is 9.78 Å². The van der Waals surface area contributed by atoms with Gasteiger partial charge in [-0.05, 0) is 39.3 Å². The van der Waals surface area contributed by atoms with Crippen LogP contribution in [-0.2, 0) is 0 Å². The van der Waals surface area contributed by atoms with Gasteiger partial charge in [0.05, 0.1) is 5.69 Å². The van der Waals surface area contributed by atoms with Crippen LogP contribution in [0.2, 0.25) is 0 Å². The molecule has 2 aliphatic rings. The Morgan fingerprint density at radius 2 is 2.05 bits per heavy atom. The molecule has 5 nitrogen and oxygen atoms in total. The van der Waals surface area contributed by atoms with E-state index in [1.165, 1.54) is 50.1 Å². The molecule has 0 aromatic carbocycles. The van der Waals surface area contributed by atoms with Gasteiger partial charge in [-0.15, -0.1) is 0 Å². The van der Waals surface area contributed by atoms with Crippen molar-refractivity contribution in [1.82, 2.24) is 9.88 Å². The molecule has 0 bridgehead atoms. The van der Waals surface area contributed by atoms with Crippen molar-refractivity contribution in [3.63, 3.8) is 0 Å². The highest BCUT2D eigenvalue weighted by Gasteiger charge is 2.30. The highest BCUT2D eigenvalue weighted by atomic mass is 32.1. The first-order valence-corrected chi connectivity index (χ1v) is 8.16. The van der Waals surface area contributed by atoms with Gasteiger partial charge in [-0.1, -0.05) is 17.8 Å². The number of thiazole rings is 1. The topological polar surface area (TPSA) is 56.7 Å². The molecule has 110 valence electrons. The normalized spacial score (nSPS) is 24.2. The number of hydrogen-bond acceptors (Lipinski definition) is 5. The highest BCUT2D eigenvalue weighted by Crippen LogP contribution is 2.30. The third-order valence-corrected chi connectivity index (χ3v) is 5.53. The number of hydrogen-bond donors (Lipinski definition) is 1. The maximum Gasteiger partial charge on any atom is 0.347 e. The molecule has 1 aromatic heterocycles. The summed E-state index contributed by atoms with van der Waals surface area (Å²) >= 11 is 1.31. The summed E-state index contributed by atoms with van der Waals surface area (Å²) in [6.45, 7) is 6.20. The van der Waals surface area contributed by atoms with Crippen molar-refractivity contribution in [3.05, 3.63) is 10.6 Å². The van der Waals surface area contributed by atoms with Crippen LogP contribution in [0.3, 0.4) is 0 Å². The summed E-state index contributed by atoms with van der Waals surface area (Å²) in [6.07, 6.45) is 5.16. The van der Waals surface area contributed by atoms with E-state index in [4.69, 9.17) is 5.11 Å². The lowest BCUT2D eigenvalue weighted by molar-refractivity contribution is 0.0701. The fourth-order valence-corrected chi connectivity index (χ4v) is 4.15. The number of aromatic carboxylic acids is 1.